The molecule has 0 saturated carbocycles. The number of fused-ring (bicyclic) bond motifs is 1. The summed E-state index contributed by atoms with van der Waals surface area (Å²) in [6.45, 7) is 5.21. The summed E-state index contributed by atoms with van der Waals surface area (Å²) in [6, 6.07) is 11.9. The first-order chi connectivity index (χ1) is 13.0. The Morgan fingerprint density at radius 3 is 2.22 bits per heavy atom. The van der Waals surface area contributed by atoms with Crippen LogP contribution in [0.15, 0.2) is 42.5 Å². The summed E-state index contributed by atoms with van der Waals surface area (Å²) >= 11 is 0. The van der Waals surface area contributed by atoms with Crippen molar-refractivity contribution in [2.24, 2.45) is 0 Å². The largest absolute Gasteiger partial charge is 0.454 e. The van der Waals surface area contributed by atoms with Gasteiger partial charge in [0.05, 0.1) is 5.56 Å². The number of ether oxygens (including phenoxy) is 2. The van der Waals surface area contributed by atoms with Crippen molar-refractivity contribution < 1.29 is 32.4 Å². The SMILES string of the molecule is FC(F)(F)c1ccccc1C[NH+]1CC[NH+](Cc2ccc3c(c2)OCO3)CC1. The van der Waals surface area contributed by atoms with Gasteiger partial charge in [-0.2, -0.15) is 13.2 Å². The third-order valence-corrected chi connectivity index (χ3v) is 5.32. The average Bonchev–Trinajstić information content (AvgIpc) is 3.11. The van der Waals surface area contributed by atoms with Gasteiger partial charge >= 0.3 is 6.18 Å². The van der Waals surface area contributed by atoms with Gasteiger partial charge in [0.15, 0.2) is 11.5 Å². The second kappa shape index (κ2) is 7.40. The lowest BCUT2D eigenvalue weighted by atomic mass is 10.1. The molecule has 0 radical (unpaired) electrons. The first-order valence-electron chi connectivity index (χ1n) is 9.20. The van der Waals surface area contributed by atoms with Gasteiger partial charge in [-0.05, 0) is 24.3 Å². The van der Waals surface area contributed by atoms with Crippen LogP contribution < -0.4 is 19.3 Å². The predicted molar refractivity (Wildman–Crippen MR) is 92.8 cm³/mol. The van der Waals surface area contributed by atoms with Gasteiger partial charge in [0, 0.05) is 11.1 Å². The van der Waals surface area contributed by atoms with Crippen molar-refractivity contribution in [3.05, 3.63) is 59.2 Å². The molecule has 2 aromatic rings. The van der Waals surface area contributed by atoms with Gasteiger partial charge in [0.2, 0.25) is 6.79 Å². The first-order valence-corrected chi connectivity index (χ1v) is 9.20. The summed E-state index contributed by atoms with van der Waals surface area (Å²) in [6.07, 6.45) is -4.29. The van der Waals surface area contributed by atoms with E-state index in [1.165, 1.54) is 27.5 Å². The van der Waals surface area contributed by atoms with Crippen LogP contribution in [0.4, 0.5) is 13.2 Å². The minimum Gasteiger partial charge on any atom is -0.454 e. The molecule has 0 bridgehead atoms. The van der Waals surface area contributed by atoms with Gasteiger partial charge < -0.3 is 19.3 Å². The van der Waals surface area contributed by atoms with Crippen molar-refractivity contribution in [3.63, 3.8) is 0 Å². The fraction of sp³-hybridized carbons (Fsp3) is 0.400. The molecule has 4 rings (SSSR count). The number of nitrogens with one attached hydrogen (secondary N) is 2. The standard InChI is InChI=1S/C20H21F3N2O2/c21-20(22,23)17-4-2-1-3-16(17)13-25-9-7-24(8-10-25)12-15-5-6-18-19(11-15)27-14-26-18/h1-6,11H,7-10,12-14H2/p+2. The molecule has 1 fully saturated rings. The maximum Gasteiger partial charge on any atom is 0.416 e. The van der Waals surface area contributed by atoms with Crippen LogP contribution in [0.25, 0.3) is 0 Å². The lowest BCUT2D eigenvalue weighted by molar-refractivity contribution is -1.02. The molecule has 0 aliphatic carbocycles. The molecule has 0 amide bonds. The quantitative estimate of drug-likeness (QED) is 0.826. The van der Waals surface area contributed by atoms with E-state index < -0.39 is 11.7 Å². The van der Waals surface area contributed by atoms with Crippen LogP contribution in [-0.4, -0.2) is 33.0 Å². The molecule has 2 N–H and O–H groups in total. The molecule has 0 spiro atoms. The first kappa shape index (κ1) is 18.1. The number of benzene rings is 2. The minimum atomic E-state index is -4.29. The normalized spacial score (nSPS) is 22.0. The fourth-order valence-corrected chi connectivity index (χ4v) is 3.87. The Hall–Kier alpha value is -2.25. The maximum absolute atomic E-state index is 13.2. The van der Waals surface area contributed by atoms with Crippen molar-refractivity contribution in [2.45, 2.75) is 19.3 Å². The minimum absolute atomic E-state index is 0.271. The number of alkyl halides is 3. The van der Waals surface area contributed by atoms with Crippen molar-refractivity contribution in [2.75, 3.05) is 33.0 Å². The molecule has 2 heterocycles. The highest BCUT2D eigenvalue weighted by Gasteiger charge is 2.34. The van der Waals surface area contributed by atoms with E-state index in [0.717, 1.165) is 44.2 Å². The summed E-state index contributed by atoms with van der Waals surface area (Å²) in [5.74, 6) is 1.58. The lowest BCUT2D eigenvalue weighted by Gasteiger charge is -2.30. The summed E-state index contributed by atoms with van der Waals surface area (Å²) in [5, 5.41) is 0. The zero-order valence-electron chi connectivity index (χ0n) is 14.9. The highest BCUT2D eigenvalue weighted by Crippen LogP contribution is 2.32. The van der Waals surface area contributed by atoms with E-state index in [1.54, 1.807) is 12.1 Å². The van der Waals surface area contributed by atoms with Crippen LogP contribution in [0.3, 0.4) is 0 Å². The number of quaternary nitrogens is 2. The van der Waals surface area contributed by atoms with E-state index in [0.29, 0.717) is 12.1 Å². The Labute approximate surface area is 156 Å². The zero-order chi connectivity index (χ0) is 18.9. The summed E-state index contributed by atoms with van der Waals surface area (Å²) in [5.41, 5.74) is 1.08. The van der Waals surface area contributed by atoms with Crippen LogP contribution in [0.5, 0.6) is 11.5 Å². The van der Waals surface area contributed by atoms with E-state index in [9.17, 15) is 13.2 Å². The van der Waals surface area contributed by atoms with Gasteiger partial charge in [-0.25, -0.2) is 0 Å². The molecular formula is C20H23F3N2O2+2. The summed E-state index contributed by atoms with van der Waals surface area (Å²) in [7, 11) is 0. The molecule has 7 heteroatoms. The van der Waals surface area contributed by atoms with Gasteiger partial charge in [-0.3, -0.25) is 0 Å². The topological polar surface area (TPSA) is 27.3 Å². The molecule has 0 unspecified atom stereocenters. The second-order valence-corrected chi connectivity index (χ2v) is 7.20. The van der Waals surface area contributed by atoms with E-state index >= 15 is 0 Å². The van der Waals surface area contributed by atoms with Gasteiger partial charge in [0.1, 0.15) is 39.3 Å². The molecule has 2 aliphatic heterocycles. The Morgan fingerprint density at radius 1 is 0.815 bits per heavy atom. The average molecular weight is 380 g/mol. The van der Waals surface area contributed by atoms with Gasteiger partial charge in [-0.15, -0.1) is 0 Å². The zero-order valence-corrected chi connectivity index (χ0v) is 14.9. The van der Waals surface area contributed by atoms with Crippen molar-refractivity contribution in [3.8, 4) is 11.5 Å². The molecule has 144 valence electrons. The number of rotatable bonds is 4. The maximum atomic E-state index is 13.2. The third-order valence-electron chi connectivity index (χ3n) is 5.32. The molecule has 2 aromatic carbocycles. The summed E-state index contributed by atoms with van der Waals surface area (Å²) in [4.78, 5) is 2.66. The van der Waals surface area contributed by atoms with Crippen LogP contribution in [-0.2, 0) is 19.3 Å². The number of piperazine rings is 1. The lowest BCUT2D eigenvalue weighted by Crippen LogP contribution is -3.27. The molecule has 4 nitrogen and oxygen atoms in total. The number of hydrogen-bond acceptors (Lipinski definition) is 2. The van der Waals surface area contributed by atoms with Crippen LogP contribution in [0.2, 0.25) is 0 Å². The van der Waals surface area contributed by atoms with Crippen molar-refractivity contribution in [1.29, 1.82) is 0 Å². The second-order valence-electron chi connectivity index (χ2n) is 7.20. The molecule has 2 aliphatic rings. The molecule has 27 heavy (non-hydrogen) atoms. The Bertz CT molecular complexity index is 802. The van der Waals surface area contributed by atoms with Crippen molar-refractivity contribution in [1.82, 2.24) is 0 Å². The Kier molecular flexibility index (Phi) is 4.97. The van der Waals surface area contributed by atoms with Gasteiger partial charge in [0.25, 0.3) is 0 Å². The number of hydrogen-bond donors (Lipinski definition) is 2. The summed E-state index contributed by atoms with van der Waals surface area (Å²) < 4.78 is 50.3. The van der Waals surface area contributed by atoms with Crippen LogP contribution in [0, 0.1) is 0 Å². The molecule has 1 saturated heterocycles. The third kappa shape index (κ3) is 4.20. The Morgan fingerprint density at radius 2 is 1.48 bits per heavy atom. The highest BCUT2D eigenvalue weighted by molar-refractivity contribution is 5.44. The van der Waals surface area contributed by atoms with Crippen molar-refractivity contribution >= 4 is 0 Å². The van der Waals surface area contributed by atoms with E-state index in [2.05, 4.69) is 6.07 Å². The van der Waals surface area contributed by atoms with E-state index in [4.69, 9.17) is 9.47 Å². The van der Waals surface area contributed by atoms with E-state index in [-0.39, 0.29) is 6.79 Å². The molecule has 0 atom stereocenters. The smallest absolute Gasteiger partial charge is 0.416 e. The number of halogens is 3. The highest BCUT2D eigenvalue weighted by atomic mass is 19.4. The molecule has 0 aromatic heterocycles. The van der Waals surface area contributed by atoms with Gasteiger partial charge in [-0.1, -0.05) is 18.2 Å². The fourth-order valence-electron chi connectivity index (χ4n) is 3.87. The van der Waals surface area contributed by atoms with Crippen LogP contribution in [0.1, 0.15) is 16.7 Å². The van der Waals surface area contributed by atoms with E-state index in [1.807, 2.05) is 12.1 Å². The van der Waals surface area contributed by atoms with Crippen LogP contribution >= 0.6 is 0 Å². The predicted octanol–water partition coefficient (Wildman–Crippen LogP) is 0.918. The molecular weight excluding hydrogens is 357 g/mol. The monoisotopic (exact) mass is 380 g/mol. The Balaban J connectivity index is 1.33.